The molecule has 8 heteroatoms. The molecule has 0 amide bonds. The van der Waals surface area contributed by atoms with E-state index in [9.17, 15) is 13.2 Å². The van der Waals surface area contributed by atoms with E-state index in [-0.39, 0.29) is 30.0 Å². The Balaban J connectivity index is 0.00000338. The van der Waals surface area contributed by atoms with E-state index < -0.39 is 12.7 Å². The van der Waals surface area contributed by atoms with Crippen LogP contribution in [-0.4, -0.2) is 56.3 Å². The van der Waals surface area contributed by atoms with Crippen LogP contribution in [0.3, 0.4) is 0 Å². The van der Waals surface area contributed by atoms with Gasteiger partial charge in [0.15, 0.2) is 5.96 Å². The van der Waals surface area contributed by atoms with E-state index in [1.165, 1.54) is 21.6 Å². The summed E-state index contributed by atoms with van der Waals surface area (Å²) in [5.74, 6) is 0.642. The van der Waals surface area contributed by atoms with Crippen molar-refractivity contribution in [3.63, 3.8) is 0 Å². The minimum absolute atomic E-state index is 0. The second-order valence-corrected chi connectivity index (χ2v) is 6.73. The fourth-order valence-corrected chi connectivity index (χ4v) is 3.27. The number of aryl methyl sites for hydroxylation is 2. The van der Waals surface area contributed by atoms with E-state index in [1.54, 1.807) is 7.05 Å². The minimum atomic E-state index is -4.14. The van der Waals surface area contributed by atoms with E-state index in [4.69, 9.17) is 0 Å². The second-order valence-electron chi connectivity index (χ2n) is 6.73. The highest BCUT2D eigenvalue weighted by Crippen LogP contribution is 2.19. The number of nitrogens with zero attached hydrogens (tertiary/aromatic N) is 2. The zero-order chi connectivity index (χ0) is 18.4. The van der Waals surface area contributed by atoms with Gasteiger partial charge in [0, 0.05) is 32.7 Å². The second kappa shape index (κ2) is 10.3. The number of likely N-dealkylation sites (tertiary alicyclic amines) is 1. The number of hydrogen-bond donors (Lipinski definition) is 2. The number of alkyl halides is 3. The number of hydrogen-bond acceptors (Lipinski definition) is 2. The Labute approximate surface area is 170 Å². The number of rotatable bonds is 5. The Morgan fingerprint density at radius 3 is 2.46 bits per heavy atom. The van der Waals surface area contributed by atoms with Crippen LogP contribution >= 0.6 is 24.0 Å². The van der Waals surface area contributed by atoms with Crippen molar-refractivity contribution in [1.82, 2.24) is 15.5 Å². The lowest BCUT2D eigenvalue weighted by molar-refractivity contribution is -0.143. The average Bonchev–Trinajstić information content (AvgIpc) is 2.90. The maximum absolute atomic E-state index is 12.4. The van der Waals surface area contributed by atoms with Gasteiger partial charge in [-0.2, -0.15) is 13.2 Å². The molecular formula is C18H28F3IN4. The van der Waals surface area contributed by atoms with E-state index in [0.29, 0.717) is 25.5 Å². The average molecular weight is 484 g/mol. The van der Waals surface area contributed by atoms with Gasteiger partial charge in [0.2, 0.25) is 0 Å². The van der Waals surface area contributed by atoms with Crippen LogP contribution in [0, 0.1) is 13.8 Å². The van der Waals surface area contributed by atoms with Gasteiger partial charge in [-0.1, -0.05) is 29.3 Å². The van der Waals surface area contributed by atoms with Crippen LogP contribution in [0.25, 0.3) is 0 Å². The molecule has 1 aromatic carbocycles. The van der Waals surface area contributed by atoms with Gasteiger partial charge >= 0.3 is 6.18 Å². The molecule has 1 aliphatic heterocycles. The van der Waals surface area contributed by atoms with Crippen molar-refractivity contribution in [2.24, 2.45) is 4.99 Å². The van der Waals surface area contributed by atoms with Gasteiger partial charge in [-0.05, 0) is 32.3 Å². The summed E-state index contributed by atoms with van der Waals surface area (Å²) in [5, 5.41) is 6.47. The van der Waals surface area contributed by atoms with E-state index >= 15 is 0 Å². The van der Waals surface area contributed by atoms with Crippen LogP contribution in [0.5, 0.6) is 0 Å². The van der Waals surface area contributed by atoms with E-state index in [1.807, 2.05) is 0 Å². The highest BCUT2D eigenvalue weighted by molar-refractivity contribution is 14.0. The van der Waals surface area contributed by atoms with Gasteiger partial charge in [-0.15, -0.1) is 24.0 Å². The number of benzene rings is 1. The molecule has 0 saturated carbocycles. The Kier molecular flexibility index (Phi) is 9.15. The number of aliphatic imine (C=N–C) groups is 1. The Morgan fingerprint density at radius 2 is 1.88 bits per heavy atom. The number of halogens is 4. The minimum Gasteiger partial charge on any atom is -0.356 e. The molecule has 1 aliphatic rings. The Hall–Kier alpha value is -1.03. The van der Waals surface area contributed by atoms with Crippen LogP contribution in [0.1, 0.15) is 23.1 Å². The maximum Gasteiger partial charge on any atom is 0.401 e. The fourth-order valence-electron chi connectivity index (χ4n) is 3.27. The zero-order valence-electron chi connectivity index (χ0n) is 15.5. The largest absolute Gasteiger partial charge is 0.401 e. The summed E-state index contributed by atoms with van der Waals surface area (Å²) in [6.07, 6.45) is -2.58. The van der Waals surface area contributed by atoms with Crippen LogP contribution in [0.4, 0.5) is 13.2 Å². The first-order valence-electron chi connectivity index (χ1n) is 8.58. The topological polar surface area (TPSA) is 39.7 Å². The first-order valence-corrected chi connectivity index (χ1v) is 8.58. The summed E-state index contributed by atoms with van der Waals surface area (Å²) in [6.45, 7) is 4.88. The van der Waals surface area contributed by atoms with Gasteiger partial charge in [-0.3, -0.25) is 9.89 Å². The monoisotopic (exact) mass is 484 g/mol. The summed E-state index contributed by atoms with van der Waals surface area (Å²) < 4.78 is 37.3. The lowest BCUT2D eigenvalue weighted by atomic mass is 10.1. The summed E-state index contributed by atoms with van der Waals surface area (Å²) >= 11 is 0. The lowest BCUT2D eigenvalue weighted by Crippen LogP contribution is -2.45. The summed E-state index contributed by atoms with van der Waals surface area (Å²) in [7, 11) is 1.68. The SMILES string of the molecule is CN=C(NCCc1cc(C)cc(C)c1)NC1CCN(CC(F)(F)F)C1.I. The third-order valence-corrected chi connectivity index (χ3v) is 4.23. The third-order valence-electron chi connectivity index (χ3n) is 4.23. The summed E-state index contributed by atoms with van der Waals surface area (Å²) in [4.78, 5) is 5.60. The van der Waals surface area contributed by atoms with E-state index in [0.717, 1.165) is 13.0 Å². The van der Waals surface area contributed by atoms with Crippen LogP contribution in [0.15, 0.2) is 23.2 Å². The van der Waals surface area contributed by atoms with Crippen molar-refractivity contribution < 1.29 is 13.2 Å². The van der Waals surface area contributed by atoms with Crippen molar-refractivity contribution in [2.75, 3.05) is 33.2 Å². The molecule has 0 aromatic heterocycles. The molecule has 0 aliphatic carbocycles. The Morgan fingerprint density at radius 1 is 1.23 bits per heavy atom. The summed E-state index contributed by atoms with van der Waals surface area (Å²) in [6, 6.07) is 6.47. The number of guanidine groups is 1. The molecule has 1 heterocycles. The molecule has 4 nitrogen and oxygen atoms in total. The third kappa shape index (κ3) is 8.11. The highest BCUT2D eigenvalue weighted by atomic mass is 127. The van der Waals surface area contributed by atoms with Crippen molar-refractivity contribution in [1.29, 1.82) is 0 Å². The molecule has 2 rings (SSSR count). The van der Waals surface area contributed by atoms with Crippen molar-refractivity contribution in [2.45, 2.75) is 38.9 Å². The predicted molar refractivity (Wildman–Crippen MR) is 110 cm³/mol. The molecule has 1 unspecified atom stereocenters. The first-order chi connectivity index (χ1) is 11.7. The zero-order valence-corrected chi connectivity index (χ0v) is 17.8. The Bertz CT molecular complexity index is 584. The van der Waals surface area contributed by atoms with Crippen molar-refractivity contribution >= 4 is 29.9 Å². The molecule has 148 valence electrons. The van der Waals surface area contributed by atoms with E-state index in [2.05, 4.69) is 47.7 Å². The fraction of sp³-hybridized carbons (Fsp3) is 0.611. The van der Waals surface area contributed by atoms with Gasteiger partial charge in [0.25, 0.3) is 0 Å². The molecule has 0 bridgehead atoms. The quantitative estimate of drug-likeness (QED) is 0.383. The van der Waals surface area contributed by atoms with Gasteiger partial charge in [0.05, 0.1) is 6.54 Å². The first kappa shape index (κ1) is 23.0. The summed E-state index contributed by atoms with van der Waals surface area (Å²) in [5.41, 5.74) is 3.75. The molecule has 0 spiro atoms. The lowest BCUT2D eigenvalue weighted by Gasteiger charge is -2.19. The van der Waals surface area contributed by atoms with Gasteiger partial charge < -0.3 is 10.6 Å². The van der Waals surface area contributed by atoms with Crippen LogP contribution < -0.4 is 10.6 Å². The van der Waals surface area contributed by atoms with Gasteiger partial charge in [0.1, 0.15) is 0 Å². The molecule has 0 radical (unpaired) electrons. The smallest absolute Gasteiger partial charge is 0.356 e. The molecule has 2 N–H and O–H groups in total. The number of nitrogens with one attached hydrogen (secondary N) is 2. The maximum atomic E-state index is 12.4. The van der Waals surface area contributed by atoms with Crippen molar-refractivity contribution in [3.05, 3.63) is 34.9 Å². The van der Waals surface area contributed by atoms with Crippen LogP contribution in [-0.2, 0) is 6.42 Å². The van der Waals surface area contributed by atoms with Crippen LogP contribution in [0.2, 0.25) is 0 Å². The molecule has 1 saturated heterocycles. The standard InChI is InChI=1S/C18H27F3N4.HI/c1-13-8-14(2)10-15(9-13)4-6-23-17(22-3)24-16-5-7-25(11-16)12-18(19,20)21;/h8-10,16H,4-7,11-12H2,1-3H3,(H2,22,23,24);1H. The molecule has 26 heavy (non-hydrogen) atoms. The highest BCUT2D eigenvalue weighted by Gasteiger charge is 2.34. The predicted octanol–water partition coefficient (Wildman–Crippen LogP) is 3.27. The normalized spacial score (nSPS) is 18.5. The van der Waals surface area contributed by atoms with Gasteiger partial charge in [-0.25, -0.2) is 0 Å². The molecule has 1 aromatic rings. The van der Waals surface area contributed by atoms with Crippen molar-refractivity contribution in [3.8, 4) is 0 Å². The molecule has 1 fully saturated rings. The molecule has 1 atom stereocenters. The molecular weight excluding hydrogens is 456 g/mol.